The number of amides is 2. The molecule has 3 aromatic carbocycles. The zero-order valence-corrected chi connectivity index (χ0v) is 25.8. The second-order valence-corrected chi connectivity index (χ2v) is 12.6. The van der Waals surface area contributed by atoms with Gasteiger partial charge in [0.25, 0.3) is 10.0 Å². The molecule has 214 valence electrons. The van der Waals surface area contributed by atoms with E-state index in [9.17, 15) is 18.0 Å². The predicted molar refractivity (Wildman–Crippen MR) is 162 cm³/mol. The Labute approximate surface area is 251 Å². The highest BCUT2D eigenvalue weighted by molar-refractivity contribution is 7.92. The van der Waals surface area contributed by atoms with Crippen LogP contribution in [0.25, 0.3) is 0 Å². The van der Waals surface area contributed by atoms with Crippen LogP contribution in [0.2, 0.25) is 15.1 Å². The van der Waals surface area contributed by atoms with Crippen LogP contribution in [-0.4, -0.2) is 43.8 Å². The summed E-state index contributed by atoms with van der Waals surface area (Å²) in [5, 5.41) is 3.92. The first-order valence-electron chi connectivity index (χ1n) is 12.7. The number of sulfonamides is 1. The lowest BCUT2D eigenvalue weighted by Crippen LogP contribution is -2.52. The lowest BCUT2D eigenvalue weighted by Gasteiger charge is -2.33. The van der Waals surface area contributed by atoms with Crippen molar-refractivity contribution in [3.63, 3.8) is 0 Å². The van der Waals surface area contributed by atoms with E-state index < -0.39 is 28.5 Å². The Morgan fingerprint density at radius 2 is 1.50 bits per heavy atom. The van der Waals surface area contributed by atoms with Gasteiger partial charge in [-0.15, -0.1) is 0 Å². The first-order valence-corrected chi connectivity index (χ1v) is 15.3. The highest BCUT2D eigenvalue weighted by Crippen LogP contribution is 2.30. The molecule has 0 fully saturated rings. The average molecular weight is 625 g/mol. The quantitative estimate of drug-likeness (QED) is 0.265. The molecule has 0 bridgehead atoms. The van der Waals surface area contributed by atoms with Gasteiger partial charge >= 0.3 is 0 Å². The number of nitrogens with zero attached hydrogens (tertiary/aromatic N) is 2. The van der Waals surface area contributed by atoms with Crippen molar-refractivity contribution in [2.75, 3.05) is 10.8 Å². The van der Waals surface area contributed by atoms with Gasteiger partial charge in [-0.1, -0.05) is 66.0 Å². The van der Waals surface area contributed by atoms with E-state index in [1.807, 2.05) is 13.8 Å². The second kappa shape index (κ2) is 13.7. The van der Waals surface area contributed by atoms with Crippen LogP contribution in [0.1, 0.15) is 38.3 Å². The topological polar surface area (TPSA) is 86.8 Å². The summed E-state index contributed by atoms with van der Waals surface area (Å²) in [6.45, 7) is 6.47. The second-order valence-electron chi connectivity index (χ2n) is 9.47. The van der Waals surface area contributed by atoms with Gasteiger partial charge in [0.2, 0.25) is 11.8 Å². The molecule has 0 radical (unpaired) electrons. The molecule has 3 rings (SSSR count). The van der Waals surface area contributed by atoms with Gasteiger partial charge in [0.15, 0.2) is 0 Å². The Balaban J connectivity index is 2.08. The van der Waals surface area contributed by atoms with E-state index in [0.717, 1.165) is 4.31 Å². The fourth-order valence-electron chi connectivity index (χ4n) is 3.99. The number of rotatable bonds is 11. The third kappa shape index (κ3) is 7.49. The van der Waals surface area contributed by atoms with Crippen molar-refractivity contribution < 1.29 is 18.0 Å². The fourth-order valence-corrected chi connectivity index (χ4v) is 6.11. The number of anilines is 1. The summed E-state index contributed by atoms with van der Waals surface area (Å²) in [7, 11) is -4.21. The summed E-state index contributed by atoms with van der Waals surface area (Å²) in [6, 6.07) is 16.5. The minimum absolute atomic E-state index is 0.0313. The molecule has 0 aromatic heterocycles. The summed E-state index contributed by atoms with van der Waals surface area (Å²) >= 11 is 18.8. The van der Waals surface area contributed by atoms with Crippen molar-refractivity contribution in [3.05, 3.63) is 92.9 Å². The number of hydrogen-bond donors (Lipinski definition) is 1. The molecule has 0 heterocycles. The maximum absolute atomic E-state index is 14.0. The van der Waals surface area contributed by atoms with Gasteiger partial charge in [0, 0.05) is 33.2 Å². The van der Waals surface area contributed by atoms with E-state index in [0.29, 0.717) is 38.3 Å². The molecule has 0 spiro atoms. The van der Waals surface area contributed by atoms with Crippen molar-refractivity contribution in [1.82, 2.24) is 10.2 Å². The molecule has 0 aliphatic rings. The summed E-state index contributed by atoms with van der Waals surface area (Å²) in [6.07, 6.45) is 0.698. The Bertz CT molecular complexity index is 1450. The van der Waals surface area contributed by atoms with Crippen LogP contribution >= 0.6 is 34.8 Å². The standard InChI is InChI=1S/C29H32Cl3N3O4S/c1-5-20(3)33-29(37)21(4)34(17-24-25(31)10-8-11-26(24)32)28(36)18-35(27-12-7-6-9-19(27)2)40(38,39)23-15-13-22(30)14-16-23/h6-16,20-21H,5,17-18H2,1-4H3,(H,33,37)/t20-,21-/m0/s1. The Hall–Kier alpha value is -2.78. The van der Waals surface area contributed by atoms with Crippen LogP contribution in [0, 0.1) is 6.92 Å². The molecule has 40 heavy (non-hydrogen) atoms. The molecule has 7 nitrogen and oxygen atoms in total. The number of nitrogens with one attached hydrogen (secondary N) is 1. The first kappa shape index (κ1) is 31.7. The first-order chi connectivity index (χ1) is 18.9. The number of benzene rings is 3. The van der Waals surface area contributed by atoms with Crippen LogP contribution in [0.3, 0.4) is 0 Å². The molecule has 2 amide bonds. The molecule has 1 N–H and O–H groups in total. The van der Waals surface area contributed by atoms with Crippen LogP contribution in [0.4, 0.5) is 5.69 Å². The summed E-state index contributed by atoms with van der Waals surface area (Å²) < 4.78 is 28.8. The molecule has 11 heteroatoms. The predicted octanol–water partition coefficient (Wildman–Crippen LogP) is 6.48. The van der Waals surface area contributed by atoms with E-state index in [1.165, 1.54) is 29.2 Å². The average Bonchev–Trinajstić information content (AvgIpc) is 2.91. The van der Waals surface area contributed by atoms with E-state index in [-0.39, 0.29) is 23.4 Å². The Morgan fingerprint density at radius 3 is 2.08 bits per heavy atom. The van der Waals surface area contributed by atoms with E-state index in [1.54, 1.807) is 56.3 Å². The Kier molecular flexibility index (Phi) is 10.9. The normalized spacial score (nSPS) is 12.9. The van der Waals surface area contributed by atoms with Gasteiger partial charge in [-0.3, -0.25) is 13.9 Å². The summed E-state index contributed by atoms with van der Waals surface area (Å²) in [5.41, 5.74) is 1.43. The summed E-state index contributed by atoms with van der Waals surface area (Å²) in [5.74, 6) is -0.988. The van der Waals surface area contributed by atoms with Crippen molar-refractivity contribution >= 4 is 62.3 Å². The number of aryl methyl sites for hydroxylation is 1. The van der Waals surface area contributed by atoms with Gasteiger partial charge in [-0.05, 0) is 75.2 Å². The van der Waals surface area contributed by atoms with Crippen molar-refractivity contribution in [3.8, 4) is 0 Å². The number of halogens is 3. The fraction of sp³-hybridized carbons (Fsp3) is 0.310. The minimum atomic E-state index is -4.21. The van der Waals surface area contributed by atoms with Crippen LogP contribution < -0.4 is 9.62 Å². The molecule has 3 aromatic rings. The lowest BCUT2D eigenvalue weighted by molar-refractivity contribution is -0.139. The molecule has 0 saturated carbocycles. The zero-order chi connectivity index (χ0) is 29.6. The van der Waals surface area contributed by atoms with Crippen LogP contribution in [0.5, 0.6) is 0 Å². The van der Waals surface area contributed by atoms with Gasteiger partial charge in [-0.2, -0.15) is 0 Å². The zero-order valence-electron chi connectivity index (χ0n) is 22.7. The third-order valence-electron chi connectivity index (χ3n) is 6.62. The number of hydrogen-bond acceptors (Lipinski definition) is 4. The molecular formula is C29H32Cl3N3O4S. The van der Waals surface area contributed by atoms with Gasteiger partial charge < -0.3 is 10.2 Å². The van der Waals surface area contributed by atoms with Crippen molar-refractivity contribution in [1.29, 1.82) is 0 Å². The molecule has 0 aliphatic carbocycles. The maximum Gasteiger partial charge on any atom is 0.264 e. The molecular weight excluding hydrogens is 593 g/mol. The number of para-hydroxylation sites is 1. The Morgan fingerprint density at radius 1 is 0.900 bits per heavy atom. The van der Waals surface area contributed by atoms with Gasteiger partial charge in [0.1, 0.15) is 12.6 Å². The van der Waals surface area contributed by atoms with Gasteiger partial charge in [0.05, 0.1) is 10.6 Å². The van der Waals surface area contributed by atoms with E-state index in [2.05, 4.69) is 5.32 Å². The molecule has 0 unspecified atom stereocenters. The highest BCUT2D eigenvalue weighted by atomic mass is 35.5. The molecule has 2 atom stereocenters. The van der Waals surface area contributed by atoms with E-state index in [4.69, 9.17) is 34.8 Å². The van der Waals surface area contributed by atoms with Crippen molar-refractivity contribution in [2.24, 2.45) is 0 Å². The van der Waals surface area contributed by atoms with Crippen LogP contribution in [0.15, 0.2) is 71.6 Å². The monoisotopic (exact) mass is 623 g/mol. The molecule has 0 aliphatic heterocycles. The lowest BCUT2D eigenvalue weighted by atomic mass is 10.1. The third-order valence-corrected chi connectivity index (χ3v) is 9.36. The van der Waals surface area contributed by atoms with Crippen LogP contribution in [-0.2, 0) is 26.2 Å². The summed E-state index contributed by atoms with van der Waals surface area (Å²) in [4.78, 5) is 28.5. The minimum Gasteiger partial charge on any atom is -0.352 e. The van der Waals surface area contributed by atoms with Crippen molar-refractivity contribution in [2.45, 2.75) is 57.6 Å². The van der Waals surface area contributed by atoms with Gasteiger partial charge in [-0.25, -0.2) is 8.42 Å². The largest absolute Gasteiger partial charge is 0.352 e. The van der Waals surface area contributed by atoms with E-state index >= 15 is 0 Å². The number of carbonyl (C=O) groups is 2. The maximum atomic E-state index is 14.0. The smallest absolute Gasteiger partial charge is 0.264 e. The highest BCUT2D eigenvalue weighted by Gasteiger charge is 2.33. The number of carbonyl (C=O) groups excluding carboxylic acids is 2. The molecule has 0 saturated heterocycles. The SMILES string of the molecule is CC[C@H](C)NC(=O)[C@H](C)N(Cc1c(Cl)cccc1Cl)C(=O)CN(c1ccccc1C)S(=O)(=O)c1ccc(Cl)cc1.